The number of fused-ring (bicyclic) bond motifs is 3. The van der Waals surface area contributed by atoms with Crippen molar-refractivity contribution in [3.8, 4) is 22.4 Å². The van der Waals surface area contributed by atoms with Crippen molar-refractivity contribution in [1.82, 2.24) is 4.98 Å². The summed E-state index contributed by atoms with van der Waals surface area (Å²) >= 11 is 0. The minimum absolute atomic E-state index is 0. The third kappa shape index (κ3) is 1.32. The van der Waals surface area contributed by atoms with E-state index in [4.69, 9.17) is 0 Å². The zero-order valence-corrected chi connectivity index (χ0v) is 11.3. The second kappa shape index (κ2) is 3.76. The number of hydrogen-bond donors (Lipinski definition) is 0. The second-order valence-corrected chi connectivity index (χ2v) is 4.02. The average molecular weight is 394 g/mol. The molecule has 1 aliphatic carbocycles. The van der Waals surface area contributed by atoms with Gasteiger partial charge in [-0.05, 0) is 22.5 Å². The van der Waals surface area contributed by atoms with Crippen LogP contribution in [-0.2, 0) is 20.1 Å². The van der Waals surface area contributed by atoms with Crippen LogP contribution in [0, 0.1) is 6.07 Å². The smallest absolute Gasteiger partial charge is 0.0167 e. The number of aromatic nitrogens is 1. The van der Waals surface area contributed by atoms with Gasteiger partial charge in [-0.3, -0.25) is 0 Å². The predicted octanol–water partition coefficient (Wildman–Crippen LogP) is 3.68. The van der Waals surface area contributed by atoms with E-state index in [1.165, 1.54) is 21.9 Å². The van der Waals surface area contributed by atoms with Crippen molar-refractivity contribution in [2.75, 3.05) is 0 Å². The molecule has 17 heavy (non-hydrogen) atoms. The maximum Gasteiger partial charge on any atom is 0.0167 e. The Hall–Kier alpha value is -1.50. The summed E-state index contributed by atoms with van der Waals surface area (Å²) in [6, 6.07) is 17.9. The molecular weight excluding hydrogens is 386 g/mol. The molecule has 3 aromatic rings. The fraction of sp³-hybridized carbons (Fsp3) is 0. The monoisotopic (exact) mass is 395 g/mol. The van der Waals surface area contributed by atoms with Gasteiger partial charge >= 0.3 is 0 Å². The summed E-state index contributed by atoms with van der Waals surface area (Å²) in [5.41, 5.74) is 4.74. The first kappa shape index (κ1) is 10.6. The maximum atomic E-state index is 4.49. The zero-order chi connectivity index (χ0) is 10.5. The minimum atomic E-state index is 0. The molecule has 0 saturated heterocycles. The van der Waals surface area contributed by atoms with Gasteiger partial charge in [0.1, 0.15) is 0 Å². The molecule has 1 heterocycles. The summed E-state index contributed by atoms with van der Waals surface area (Å²) in [4.78, 5) is 4.49. The van der Waals surface area contributed by atoms with Crippen LogP contribution in [0.3, 0.4) is 0 Å². The van der Waals surface area contributed by atoms with E-state index in [0.717, 1.165) is 11.3 Å². The Bertz CT molecular complexity index is 661. The SMILES string of the molecule is [Ir].[c-]1cccc2c1-c1nccc3cccc-2c13. The first-order chi connectivity index (χ1) is 7.95. The van der Waals surface area contributed by atoms with Gasteiger partial charge in [-0.1, -0.05) is 29.3 Å². The van der Waals surface area contributed by atoms with Crippen LogP contribution in [0.5, 0.6) is 0 Å². The molecule has 0 amide bonds. The van der Waals surface area contributed by atoms with Crippen molar-refractivity contribution in [2.45, 2.75) is 0 Å². The summed E-state index contributed by atoms with van der Waals surface area (Å²) in [5.74, 6) is 0. The van der Waals surface area contributed by atoms with Gasteiger partial charge in [-0.2, -0.15) is 0 Å². The van der Waals surface area contributed by atoms with Gasteiger partial charge < -0.3 is 4.98 Å². The van der Waals surface area contributed by atoms with E-state index in [1.54, 1.807) is 0 Å². The van der Waals surface area contributed by atoms with Crippen molar-refractivity contribution in [2.24, 2.45) is 0 Å². The molecule has 1 nitrogen and oxygen atoms in total. The molecule has 2 aromatic carbocycles. The van der Waals surface area contributed by atoms with Gasteiger partial charge in [0.15, 0.2) is 0 Å². The fourth-order valence-electron chi connectivity index (χ4n) is 2.50. The van der Waals surface area contributed by atoms with E-state index in [9.17, 15) is 0 Å². The molecule has 1 radical (unpaired) electrons. The van der Waals surface area contributed by atoms with Crippen LogP contribution >= 0.6 is 0 Å². The number of hydrogen-bond acceptors (Lipinski definition) is 1. The van der Waals surface area contributed by atoms with Gasteiger partial charge in [0.05, 0.1) is 0 Å². The van der Waals surface area contributed by atoms with Crippen molar-refractivity contribution in [1.29, 1.82) is 0 Å². The molecule has 0 atom stereocenters. The first-order valence-electron chi connectivity index (χ1n) is 5.34. The number of benzene rings is 2. The average Bonchev–Trinajstić information content (AvgIpc) is 2.68. The molecule has 0 saturated carbocycles. The summed E-state index contributed by atoms with van der Waals surface area (Å²) in [6.45, 7) is 0. The number of nitrogens with zero attached hydrogens (tertiary/aromatic N) is 1. The Morgan fingerprint density at radius 2 is 1.82 bits per heavy atom. The van der Waals surface area contributed by atoms with Gasteiger partial charge in [-0.25, -0.2) is 0 Å². The third-order valence-electron chi connectivity index (χ3n) is 3.17. The van der Waals surface area contributed by atoms with E-state index < -0.39 is 0 Å². The molecule has 0 N–H and O–H groups in total. The largest absolute Gasteiger partial charge is 0.304 e. The van der Waals surface area contributed by atoms with E-state index >= 15 is 0 Å². The molecule has 0 unspecified atom stereocenters. The maximum absolute atomic E-state index is 4.49. The molecule has 4 rings (SSSR count). The van der Waals surface area contributed by atoms with Crippen LogP contribution in [-0.4, -0.2) is 4.98 Å². The molecule has 83 valence electrons. The number of pyridine rings is 1. The molecule has 0 aliphatic heterocycles. The summed E-state index contributed by atoms with van der Waals surface area (Å²) in [7, 11) is 0. The normalized spacial score (nSPS) is 11.1. The molecule has 2 heteroatoms. The van der Waals surface area contributed by atoms with Gasteiger partial charge in [0.2, 0.25) is 0 Å². The molecular formula is C15H8IrN-. The van der Waals surface area contributed by atoms with Crippen LogP contribution < -0.4 is 0 Å². The van der Waals surface area contributed by atoms with Crippen molar-refractivity contribution < 1.29 is 20.1 Å². The minimum Gasteiger partial charge on any atom is -0.304 e. The topological polar surface area (TPSA) is 12.9 Å². The number of rotatable bonds is 0. The Labute approximate surface area is 113 Å². The van der Waals surface area contributed by atoms with E-state index in [1.807, 2.05) is 18.3 Å². The Morgan fingerprint density at radius 3 is 2.76 bits per heavy atom. The van der Waals surface area contributed by atoms with Gasteiger partial charge in [-0.15, -0.1) is 29.8 Å². The van der Waals surface area contributed by atoms with Crippen LogP contribution in [0.2, 0.25) is 0 Å². The second-order valence-electron chi connectivity index (χ2n) is 4.02. The zero-order valence-electron chi connectivity index (χ0n) is 8.90. The summed E-state index contributed by atoms with van der Waals surface area (Å²) in [6.07, 6.45) is 1.87. The molecule has 1 aliphatic rings. The van der Waals surface area contributed by atoms with Crippen LogP contribution in [0.4, 0.5) is 0 Å². The standard InChI is InChI=1S/C15H8N.Ir/c1-2-6-13-11(5-1)12-7-3-4-10-8-9-16-15(13)14(10)12;/h1-5,7-9H;/q-1;. The molecule has 0 fully saturated rings. The summed E-state index contributed by atoms with van der Waals surface area (Å²) in [5, 5.41) is 2.52. The van der Waals surface area contributed by atoms with Crippen LogP contribution in [0.25, 0.3) is 33.2 Å². The van der Waals surface area contributed by atoms with Crippen molar-refractivity contribution >= 4 is 10.8 Å². The van der Waals surface area contributed by atoms with Crippen LogP contribution in [0.1, 0.15) is 0 Å². The predicted molar refractivity (Wildman–Crippen MR) is 65.0 cm³/mol. The van der Waals surface area contributed by atoms with E-state index in [0.29, 0.717) is 0 Å². The third-order valence-corrected chi connectivity index (χ3v) is 3.17. The van der Waals surface area contributed by atoms with Crippen LogP contribution in [0.15, 0.2) is 48.7 Å². The molecule has 0 bridgehead atoms. The first-order valence-corrected chi connectivity index (χ1v) is 5.34. The fourth-order valence-corrected chi connectivity index (χ4v) is 2.50. The Kier molecular flexibility index (Phi) is 2.36. The Balaban J connectivity index is 0.000000902. The van der Waals surface area contributed by atoms with Gasteiger partial charge in [0.25, 0.3) is 0 Å². The molecule has 0 spiro atoms. The quantitative estimate of drug-likeness (QED) is 0.415. The van der Waals surface area contributed by atoms with Crippen molar-refractivity contribution in [3.05, 3.63) is 54.7 Å². The van der Waals surface area contributed by atoms with E-state index in [2.05, 4.69) is 41.4 Å². The molecule has 1 aromatic heterocycles. The Morgan fingerprint density at radius 1 is 0.941 bits per heavy atom. The summed E-state index contributed by atoms with van der Waals surface area (Å²) < 4.78 is 0. The van der Waals surface area contributed by atoms with Crippen molar-refractivity contribution in [3.63, 3.8) is 0 Å². The van der Waals surface area contributed by atoms with Gasteiger partial charge in [0, 0.05) is 26.3 Å². The van der Waals surface area contributed by atoms with E-state index in [-0.39, 0.29) is 20.1 Å².